The number of rotatable bonds is 2. The van der Waals surface area contributed by atoms with E-state index in [0.717, 1.165) is 5.56 Å². The molecule has 70 valence electrons. The van der Waals surface area contributed by atoms with Crippen molar-refractivity contribution in [2.75, 3.05) is 0 Å². The van der Waals surface area contributed by atoms with Crippen molar-refractivity contribution >= 4 is 10.1 Å². The summed E-state index contributed by atoms with van der Waals surface area (Å²) in [5.74, 6) is -0.143. The van der Waals surface area contributed by atoms with E-state index >= 15 is 0 Å². The highest BCUT2D eigenvalue weighted by atomic mass is 32.2. The van der Waals surface area contributed by atoms with Gasteiger partial charge in [-0.1, -0.05) is 12.1 Å². The zero-order valence-corrected chi connectivity index (χ0v) is 7.79. The molecule has 0 aliphatic heterocycles. The molecule has 0 heterocycles. The van der Waals surface area contributed by atoms with Crippen molar-refractivity contribution in [2.45, 2.75) is 10.8 Å². The first-order valence-electron chi connectivity index (χ1n) is 3.65. The zero-order chi connectivity index (χ0) is 10.1. The fourth-order valence-electron chi connectivity index (χ4n) is 0.912. The first kappa shape index (κ1) is 10.2. The highest BCUT2D eigenvalue weighted by Crippen LogP contribution is 2.16. The largest absolute Gasteiger partial charge is 0.294 e. The van der Waals surface area contributed by atoms with Crippen LogP contribution >= 0.6 is 0 Å². The van der Waals surface area contributed by atoms with Crippen molar-refractivity contribution in [3.63, 3.8) is 0 Å². The van der Waals surface area contributed by atoms with Gasteiger partial charge in [0, 0.05) is 0 Å². The number of hydrogen-bond donors (Lipinski definition) is 1. The van der Waals surface area contributed by atoms with Crippen molar-refractivity contribution in [3.05, 3.63) is 43.7 Å². The van der Waals surface area contributed by atoms with E-state index in [1.165, 1.54) is 12.1 Å². The van der Waals surface area contributed by atoms with Crippen molar-refractivity contribution < 1.29 is 13.0 Å². The Hall–Kier alpha value is -0.870. The van der Waals surface area contributed by atoms with Crippen molar-refractivity contribution in [3.8, 4) is 0 Å². The van der Waals surface area contributed by atoms with E-state index in [1.807, 2.05) is 0 Å². The third-order valence-corrected chi connectivity index (χ3v) is 2.52. The second kappa shape index (κ2) is 3.47. The molecular weight excluding hydrogens is 188 g/mol. The molecule has 1 aromatic rings. The third-order valence-electron chi connectivity index (χ3n) is 1.65. The van der Waals surface area contributed by atoms with Gasteiger partial charge in [0.25, 0.3) is 10.1 Å². The molecule has 0 saturated carbocycles. The number of hydrogen-bond acceptors (Lipinski definition) is 2. The molecule has 0 fully saturated rings. The van der Waals surface area contributed by atoms with Gasteiger partial charge in [-0.15, -0.1) is 0 Å². The fraction of sp³-hybridized carbons (Fsp3) is 0.111. The molecule has 4 heteroatoms. The summed E-state index contributed by atoms with van der Waals surface area (Å²) in [5.41, 5.74) is 0.826. The van der Waals surface area contributed by atoms with E-state index in [9.17, 15) is 8.42 Å². The standard InChI is InChI=1S/C9H10O3S/c1-7(2)8-3-5-9(6-4-8)13(10,11)12/h3-7H,1-2H2,(H,10,11,12). The van der Waals surface area contributed by atoms with Crippen molar-refractivity contribution in [2.24, 2.45) is 0 Å². The summed E-state index contributed by atoms with van der Waals surface area (Å²) in [6.45, 7) is 7.35. The summed E-state index contributed by atoms with van der Waals surface area (Å²) >= 11 is 0. The Kier molecular flexibility index (Phi) is 2.73. The molecule has 2 radical (unpaired) electrons. The lowest BCUT2D eigenvalue weighted by Gasteiger charge is -2.04. The minimum absolute atomic E-state index is 0.114. The van der Waals surface area contributed by atoms with Crippen LogP contribution in [0.3, 0.4) is 0 Å². The highest BCUT2D eigenvalue weighted by Gasteiger charge is 2.08. The molecule has 1 N–H and O–H groups in total. The van der Waals surface area contributed by atoms with Gasteiger partial charge in [-0.3, -0.25) is 4.55 Å². The van der Waals surface area contributed by atoms with Crippen LogP contribution in [-0.2, 0) is 10.1 Å². The van der Waals surface area contributed by atoms with Crippen LogP contribution in [0.25, 0.3) is 0 Å². The lowest BCUT2D eigenvalue weighted by Crippen LogP contribution is -1.98. The maximum Gasteiger partial charge on any atom is 0.294 e. The molecule has 13 heavy (non-hydrogen) atoms. The van der Waals surface area contributed by atoms with Crippen LogP contribution in [0.1, 0.15) is 11.5 Å². The van der Waals surface area contributed by atoms with Gasteiger partial charge in [-0.25, -0.2) is 0 Å². The smallest absolute Gasteiger partial charge is 0.282 e. The second-order valence-electron chi connectivity index (χ2n) is 2.74. The Morgan fingerprint density at radius 1 is 1.15 bits per heavy atom. The molecule has 0 saturated heterocycles. The minimum atomic E-state index is -4.09. The molecule has 0 atom stereocenters. The monoisotopic (exact) mass is 198 g/mol. The van der Waals surface area contributed by atoms with E-state index < -0.39 is 10.1 Å². The molecular formula is C9H10O3S. The third kappa shape index (κ3) is 2.54. The molecule has 0 amide bonds. The van der Waals surface area contributed by atoms with E-state index in [-0.39, 0.29) is 10.8 Å². The van der Waals surface area contributed by atoms with Gasteiger partial charge >= 0.3 is 0 Å². The van der Waals surface area contributed by atoms with E-state index in [4.69, 9.17) is 4.55 Å². The van der Waals surface area contributed by atoms with Crippen LogP contribution in [-0.4, -0.2) is 13.0 Å². The van der Waals surface area contributed by atoms with E-state index in [2.05, 4.69) is 13.8 Å². The van der Waals surface area contributed by atoms with Gasteiger partial charge in [0.2, 0.25) is 0 Å². The molecule has 3 nitrogen and oxygen atoms in total. The van der Waals surface area contributed by atoms with Gasteiger partial charge < -0.3 is 0 Å². The SMILES string of the molecule is [CH2]C([CH2])c1ccc(S(=O)(=O)O)cc1. The lowest BCUT2D eigenvalue weighted by atomic mass is 10.0. The van der Waals surface area contributed by atoms with Crippen LogP contribution in [0.5, 0.6) is 0 Å². The average Bonchev–Trinajstić information content (AvgIpc) is 2.03. The summed E-state index contributed by atoms with van der Waals surface area (Å²) in [5, 5.41) is 0. The first-order chi connectivity index (χ1) is 5.91. The molecule has 0 aliphatic carbocycles. The summed E-state index contributed by atoms with van der Waals surface area (Å²) in [6.07, 6.45) is 0. The molecule has 0 aliphatic rings. The summed E-state index contributed by atoms with van der Waals surface area (Å²) in [6, 6.07) is 5.81. The van der Waals surface area contributed by atoms with Crippen LogP contribution in [0.4, 0.5) is 0 Å². The Morgan fingerprint density at radius 3 is 1.92 bits per heavy atom. The Bertz CT molecular complexity index is 376. The summed E-state index contributed by atoms with van der Waals surface area (Å²) in [4.78, 5) is -0.114. The molecule has 0 spiro atoms. The van der Waals surface area contributed by atoms with Gasteiger partial charge in [0.05, 0.1) is 4.90 Å². The first-order valence-corrected chi connectivity index (χ1v) is 5.09. The van der Waals surface area contributed by atoms with E-state index in [0.29, 0.717) is 0 Å². The Balaban J connectivity index is 3.08. The molecule has 1 rings (SSSR count). The predicted octanol–water partition coefficient (Wildman–Crippen LogP) is 1.69. The van der Waals surface area contributed by atoms with Gasteiger partial charge in [-0.2, -0.15) is 8.42 Å². The van der Waals surface area contributed by atoms with Gasteiger partial charge in [0.1, 0.15) is 0 Å². The maximum absolute atomic E-state index is 10.6. The van der Waals surface area contributed by atoms with Crippen molar-refractivity contribution in [1.82, 2.24) is 0 Å². The quantitative estimate of drug-likeness (QED) is 0.735. The molecule has 1 aromatic carbocycles. The fourth-order valence-corrected chi connectivity index (χ4v) is 1.39. The second-order valence-corrected chi connectivity index (χ2v) is 4.16. The summed E-state index contributed by atoms with van der Waals surface area (Å²) < 4.78 is 29.9. The number of benzene rings is 1. The Morgan fingerprint density at radius 2 is 1.62 bits per heavy atom. The van der Waals surface area contributed by atoms with Gasteiger partial charge in [0.15, 0.2) is 0 Å². The van der Waals surface area contributed by atoms with Crippen LogP contribution in [0, 0.1) is 13.8 Å². The molecule has 0 bridgehead atoms. The van der Waals surface area contributed by atoms with Crippen LogP contribution in [0.15, 0.2) is 29.2 Å². The van der Waals surface area contributed by atoms with Crippen LogP contribution < -0.4 is 0 Å². The maximum atomic E-state index is 10.6. The predicted molar refractivity (Wildman–Crippen MR) is 49.7 cm³/mol. The molecule has 0 unspecified atom stereocenters. The highest BCUT2D eigenvalue weighted by molar-refractivity contribution is 7.85. The van der Waals surface area contributed by atoms with Gasteiger partial charge in [-0.05, 0) is 37.5 Å². The zero-order valence-electron chi connectivity index (χ0n) is 6.97. The summed E-state index contributed by atoms with van der Waals surface area (Å²) in [7, 11) is -4.09. The van der Waals surface area contributed by atoms with E-state index in [1.54, 1.807) is 12.1 Å². The lowest BCUT2D eigenvalue weighted by molar-refractivity contribution is 0.483. The molecule has 0 aromatic heterocycles. The Labute approximate surface area is 78.2 Å². The minimum Gasteiger partial charge on any atom is -0.282 e. The normalized spacial score (nSPS) is 12.0. The average molecular weight is 198 g/mol. The topological polar surface area (TPSA) is 54.4 Å². The van der Waals surface area contributed by atoms with Crippen molar-refractivity contribution in [1.29, 1.82) is 0 Å². The van der Waals surface area contributed by atoms with Crippen LogP contribution in [0.2, 0.25) is 0 Å².